The first-order valence-electron chi connectivity index (χ1n) is 25.9. The minimum absolute atomic E-state index is 0.0143. The average Bonchev–Trinajstić information content (AvgIpc) is 4.17. The van der Waals surface area contributed by atoms with Crippen LogP contribution in [0.3, 0.4) is 0 Å². The lowest BCUT2D eigenvalue weighted by atomic mass is 9.59. The third-order valence-corrected chi connectivity index (χ3v) is 18.1. The molecular weight excluding hydrogens is 975 g/mol. The highest BCUT2D eigenvalue weighted by molar-refractivity contribution is 7.90. The van der Waals surface area contributed by atoms with Crippen LogP contribution in [-0.2, 0) is 14.8 Å². The number of piperidine rings is 1. The lowest BCUT2D eigenvalue weighted by Gasteiger charge is -2.58. The van der Waals surface area contributed by atoms with Crippen molar-refractivity contribution >= 4 is 49.9 Å². The summed E-state index contributed by atoms with van der Waals surface area (Å²) in [6.45, 7) is 9.85. The van der Waals surface area contributed by atoms with E-state index in [0.29, 0.717) is 63.0 Å². The van der Waals surface area contributed by atoms with Crippen molar-refractivity contribution in [3.63, 3.8) is 0 Å². The number of amides is 2. The Bertz CT molecular complexity index is 3140. The van der Waals surface area contributed by atoms with E-state index in [2.05, 4.69) is 68.1 Å². The third kappa shape index (κ3) is 9.64. The van der Waals surface area contributed by atoms with Gasteiger partial charge in [0.15, 0.2) is 17.2 Å². The first-order chi connectivity index (χ1) is 35.3. The maximum atomic E-state index is 15.6. The molecule has 74 heavy (non-hydrogen) atoms. The van der Waals surface area contributed by atoms with Crippen LogP contribution in [0, 0.1) is 39.1 Å². The molecule has 5 heterocycles. The minimum Gasteiger partial charge on any atom is -0.489 e. The van der Waals surface area contributed by atoms with Crippen LogP contribution in [0.25, 0.3) is 11.0 Å². The molecule has 2 amide bonds. The van der Waals surface area contributed by atoms with E-state index in [1.54, 1.807) is 13.0 Å². The summed E-state index contributed by atoms with van der Waals surface area (Å²) in [6.07, 6.45) is 9.24. The van der Waals surface area contributed by atoms with Crippen molar-refractivity contribution in [3.8, 4) is 17.2 Å². The number of fused-ring (bicyclic) bond motifs is 2. The number of carbonyl (C=O) groups excluding carboxylic acids is 2. The van der Waals surface area contributed by atoms with E-state index in [9.17, 15) is 37.6 Å². The largest absolute Gasteiger partial charge is 0.489 e. The van der Waals surface area contributed by atoms with E-state index < -0.39 is 54.6 Å². The number of benzene rings is 3. The number of nitro benzene ring substituents is 1. The normalized spacial score (nSPS) is 24.2. The van der Waals surface area contributed by atoms with Gasteiger partial charge in [-0.2, -0.15) is 9.37 Å². The number of sulfonamides is 1. The molecule has 3 aliphatic heterocycles. The molecular formula is C54H62F2N8O9S. The highest BCUT2D eigenvalue weighted by Gasteiger charge is 2.51. The molecule has 2 aromatic heterocycles. The van der Waals surface area contributed by atoms with E-state index in [1.807, 2.05) is 4.72 Å². The molecule has 20 heteroatoms. The number of aromatic nitrogens is 2. The van der Waals surface area contributed by atoms with Crippen molar-refractivity contribution in [2.75, 3.05) is 49.5 Å². The third-order valence-electron chi connectivity index (χ3n) is 16.8. The van der Waals surface area contributed by atoms with E-state index in [0.717, 1.165) is 76.0 Å². The van der Waals surface area contributed by atoms with Gasteiger partial charge in [-0.25, -0.2) is 17.5 Å². The number of piperazine rings is 1. The van der Waals surface area contributed by atoms with Crippen LogP contribution >= 0.6 is 0 Å². The van der Waals surface area contributed by atoms with Crippen LogP contribution in [0.2, 0.25) is 0 Å². The van der Waals surface area contributed by atoms with Crippen molar-refractivity contribution in [1.82, 2.24) is 24.5 Å². The van der Waals surface area contributed by atoms with E-state index in [-0.39, 0.29) is 75.6 Å². The lowest BCUT2D eigenvalue weighted by molar-refractivity contribution is -0.384. The van der Waals surface area contributed by atoms with Crippen LogP contribution in [0.15, 0.2) is 71.8 Å². The fraction of sp³-hybridized carbons (Fsp3) is 0.500. The Kier molecular flexibility index (Phi) is 12.8. The summed E-state index contributed by atoms with van der Waals surface area (Å²) in [5.41, 5.74) is 1.62. The van der Waals surface area contributed by atoms with Gasteiger partial charge in [0.25, 0.3) is 27.6 Å². The molecule has 2 saturated heterocycles. The smallest absolute Gasteiger partial charge is 0.297 e. The first-order valence-corrected chi connectivity index (χ1v) is 27.4. The van der Waals surface area contributed by atoms with Crippen LogP contribution in [0.4, 0.5) is 25.8 Å². The summed E-state index contributed by atoms with van der Waals surface area (Å²) in [5, 5.41) is 26.0. The molecule has 3 saturated carbocycles. The van der Waals surface area contributed by atoms with Crippen molar-refractivity contribution < 1.29 is 46.3 Å². The number of nitrogens with zero attached hydrogens (tertiary/aromatic N) is 5. The van der Waals surface area contributed by atoms with Gasteiger partial charge in [0.05, 0.1) is 38.5 Å². The van der Waals surface area contributed by atoms with Crippen molar-refractivity contribution in [2.24, 2.45) is 17.3 Å². The number of aliphatic hydroxyl groups is 1. The number of H-pyrrole nitrogens is 1. The van der Waals surface area contributed by atoms with Crippen LogP contribution in [0.5, 0.6) is 17.2 Å². The fourth-order valence-electron chi connectivity index (χ4n) is 12.3. The van der Waals surface area contributed by atoms with E-state index >= 15 is 4.39 Å². The molecule has 5 fully saturated rings. The predicted molar refractivity (Wildman–Crippen MR) is 272 cm³/mol. The summed E-state index contributed by atoms with van der Waals surface area (Å²) in [6, 6.07) is 16.4. The molecule has 11 rings (SSSR count). The maximum Gasteiger partial charge on any atom is 0.297 e. The molecule has 0 bridgehead atoms. The molecule has 6 aliphatic rings. The Morgan fingerprint density at radius 3 is 2.43 bits per heavy atom. The molecule has 0 unspecified atom stereocenters. The van der Waals surface area contributed by atoms with Gasteiger partial charge in [-0.3, -0.25) is 24.6 Å². The van der Waals surface area contributed by atoms with Crippen molar-refractivity contribution in [1.29, 1.82) is 0 Å². The number of halogens is 2. The number of hydrogen-bond acceptors (Lipinski definition) is 13. The average molecular weight is 1040 g/mol. The minimum atomic E-state index is -4.82. The SMILES string of the molecule is CC(C)c1ccccc1[C@H]1CN(C(=O)C2CC2)CCN1C1CC2(CCN(c3ccc(C(=O)NS(=O)(=O)c4cc5c(c([N+](=O)[O-])c4)N[C@@H]([C@H]4CC[C@](C)(O)CC4)CO5)c(Oc4cc5c(F)c[nH]c5nc4F)c3)CC2)C1. The Morgan fingerprint density at radius 1 is 0.973 bits per heavy atom. The standard InChI is InChI=1S/C54H62F2N8O9S/c1-31(2)37-6-4-5-7-38(37)44-29-62(52(66)33-8-9-33)20-21-63(44)35-26-54(27-35)16-18-61(19-17-54)34-10-11-39(45(22-34)73-47-25-40-41(55)28-57-50(40)59-49(47)56)51(65)60-74(70,71)36-23-43(64(68)69)48-46(24-36)72-30-42(58-48)32-12-14-53(3,67)15-13-32/h4-7,10-11,22-25,28,31-33,35,42,44,58,67H,8-9,12-21,26-27,29-30H2,1-3H3,(H,57,59)(H,60,65)/t32-,42-,44-,53-/m1/s1. The van der Waals surface area contributed by atoms with Gasteiger partial charge < -0.3 is 34.7 Å². The van der Waals surface area contributed by atoms with Crippen molar-refractivity contribution in [2.45, 2.75) is 120 Å². The Balaban J connectivity index is 0.817. The molecule has 0 radical (unpaired) electrons. The van der Waals surface area contributed by atoms with E-state index in [1.165, 1.54) is 23.3 Å². The Hall–Kier alpha value is -6.38. The zero-order valence-electron chi connectivity index (χ0n) is 41.7. The summed E-state index contributed by atoms with van der Waals surface area (Å²) in [5.74, 6) is -2.98. The second-order valence-electron chi connectivity index (χ2n) is 22.1. The topological polar surface area (TPSA) is 213 Å². The van der Waals surface area contributed by atoms with Crippen LogP contribution in [0.1, 0.15) is 118 Å². The number of rotatable bonds is 12. The second-order valence-corrected chi connectivity index (χ2v) is 23.8. The number of nitrogens with one attached hydrogen (secondary N) is 3. The zero-order chi connectivity index (χ0) is 51.8. The maximum absolute atomic E-state index is 15.6. The van der Waals surface area contributed by atoms with Crippen LogP contribution < -0.4 is 24.4 Å². The number of hydrogen-bond donors (Lipinski definition) is 4. The number of carbonyl (C=O) groups is 2. The summed E-state index contributed by atoms with van der Waals surface area (Å²) >= 11 is 0. The van der Waals surface area contributed by atoms with Gasteiger partial charge in [0, 0.05) is 74.8 Å². The number of nitro groups is 1. The Morgan fingerprint density at radius 2 is 1.72 bits per heavy atom. The fourth-order valence-corrected chi connectivity index (χ4v) is 13.3. The lowest BCUT2D eigenvalue weighted by Crippen LogP contribution is -2.60. The number of ether oxygens (including phenoxy) is 2. The molecule has 1 spiro atoms. The van der Waals surface area contributed by atoms with Gasteiger partial charge in [0.1, 0.15) is 23.8 Å². The number of pyridine rings is 1. The first kappa shape index (κ1) is 49.8. The van der Waals surface area contributed by atoms with Gasteiger partial charge in [-0.1, -0.05) is 38.1 Å². The number of anilines is 2. The monoisotopic (exact) mass is 1040 g/mol. The highest BCUT2D eigenvalue weighted by atomic mass is 32.2. The molecule has 5 aromatic rings. The van der Waals surface area contributed by atoms with Crippen molar-refractivity contribution in [3.05, 3.63) is 105 Å². The van der Waals surface area contributed by atoms with Gasteiger partial charge in [-0.05, 0) is 118 Å². The van der Waals surface area contributed by atoms with Crippen LogP contribution in [-0.4, -0.2) is 107 Å². The molecule has 392 valence electrons. The van der Waals surface area contributed by atoms with Gasteiger partial charge >= 0.3 is 0 Å². The highest BCUT2D eigenvalue weighted by Crippen LogP contribution is 2.54. The predicted octanol–water partition coefficient (Wildman–Crippen LogP) is 8.94. The Labute approximate surface area is 428 Å². The molecule has 17 nitrogen and oxygen atoms in total. The number of aromatic amines is 1. The molecule has 4 N–H and O–H groups in total. The van der Waals surface area contributed by atoms with Gasteiger partial charge in [-0.15, -0.1) is 0 Å². The summed E-state index contributed by atoms with van der Waals surface area (Å²) in [4.78, 5) is 51.9. The molecule has 3 aromatic carbocycles. The second kappa shape index (κ2) is 19.1. The summed E-state index contributed by atoms with van der Waals surface area (Å²) < 4.78 is 72.4. The van der Waals surface area contributed by atoms with Gasteiger partial charge in [0.2, 0.25) is 5.91 Å². The molecule has 3 aliphatic carbocycles. The van der Waals surface area contributed by atoms with E-state index in [4.69, 9.17) is 9.47 Å². The summed E-state index contributed by atoms with van der Waals surface area (Å²) in [7, 11) is -4.82. The quantitative estimate of drug-likeness (QED) is 0.0523. The molecule has 2 atom stereocenters. The zero-order valence-corrected chi connectivity index (χ0v) is 42.6.